The van der Waals surface area contributed by atoms with Crippen molar-refractivity contribution in [2.24, 2.45) is 5.41 Å². The second-order valence-corrected chi connectivity index (χ2v) is 4.96. The molecule has 0 bridgehead atoms. The molecule has 0 atom stereocenters. The fourth-order valence-electron chi connectivity index (χ4n) is 1.62. The van der Waals surface area contributed by atoms with Crippen LogP contribution in [-0.4, -0.2) is 5.33 Å². The first-order valence-corrected chi connectivity index (χ1v) is 6.16. The summed E-state index contributed by atoms with van der Waals surface area (Å²) in [6, 6.07) is 5.04. The van der Waals surface area contributed by atoms with Gasteiger partial charge in [0.1, 0.15) is 5.82 Å². The molecule has 1 aliphatic carbocycles. The van der Waals surface area contributed by atoms with Crippen LogP contribution in [-0.2, 0) is 6.42 Å². The zero-order valence-electron chi connectivity index (χ0n) is 7.69. The molecule has 0 saturated heterocycles. The second-order valence-electron chi connectivity index (χ2n) is 4.02. The van der Waals surface area contributed by atoms with Gasteiger partial charge in [0.05, 0.1) is 5.02 Å². The van der Waals surface area contributed by atoms with Crippen LogP contribution in [0.25, 0.3) is 0 Å². The molecule has 0 radical (unpaired) electrons. The molecular weight excluding hydrogens is 266 g/mol. The Balaban J connectivity index is 2.21. The van der Waals surface area contributed by atoms with Crippen LogP contribution in [0.4, 0.5) is 4.39 Å². The zero-order chi connectivity index (χ0) is 10.2. The highest BCUT2D eigenvalue weighted by molar-refractivity contribution is 9.09. The molecule has 3 heteroatoms. The first kappa shape index (κ1) is 10.4. The van der Waals surface area contributed by atoms with Crippen LogP contribution in [0.5, 0.6) is 0 Å². The molecule has 1 aromatic carbocycles. The first-order valence-electron chi connectivity index (χ1n) is 4.66. The van der Waals surface area contributed by atoms with Crippen molar-refractivity contribution in [3.8, 4) is 0 Å². The van der Waals surface area contributed by atoms with Crippen molar-refractivity contribution in [2.75, 3.05) is 5.33 Å². The SMILES string of the molecule is Fc1cccc(CC2(CBr)CC2)c1Cl. The van der Waals surface area contributed by atoms with E-state index in [2.05, 4.69) is 15.9 Å². The summed E-state index contributed by atoms with van der Waals surface area (Å²) in [7, 11) is 0. The average Bonchev–Trinajstić information content (AvgIpc) is 2.94. The number of rotatable bonds is 3. The molecule has 0 unspecified atom stereocenters. The van der Waals surface area contributed by atoms with Crippen LogP contribution < -0.4 is 0 Å². The topological polar surface area (TPSA) is 0 Å². The third kappa shape index (κ3) is 1.96. The maximum Gasteiger partial charge on any atom is 0.142 e. The Hall–Kier alpha value is -0.0800. The summed E-state index contributed by atoms with van der Waals surface area (Å²) in [6.07, 6.45) is 3.31. The van der Waals surface area contributed by atoms with E-state index in [1.807, 2.05) is 6.07 Å². The van der Waals surface area contributed by atoms with Crippen molar-refractivity contribution in [3.63, 3.8) is 0 Å². The third-order valence-corrected chi connectivity index (χ3v) is 4.45. The summed E-state index contributed by atoms with van der Waals surface area (Å²) in [5.74, 6) is -0.311. The molecule has 0 heterocycles. The largest absolute Gasteiger partial charge is 0.205 e. The highest BCUT2D eigenvalue weighted by Crippen LogP contribution is 2.50. The predicted molar refractivity (Wildman–Crippen MR) is 60.6 cm³/mol. The lowest BCUT2D eigenvalue weighted by Gasteiger charge is -2.12. The highest BCUT2D eigenvalue weighted by Gasteiger charge is 2.41. The molecule has 14 heavy (non-hydrogen) atoms. The maximum atomic E-state index is 13.1. The molecule has 2 rings (SSSR count). The Bertz CT molecular complexity index is 347. The van der Waals surface area contributed by atoms with Crippen LogP contribution >= 0.6 is 27.5 Å². The minimum Gasteiger partial charge on any atom is -0.205 e. The zero-order valence-corrected chi connectivity index (χ0v) is 10.0. The number of benzene rings is 1. The van der Waals surface area contributed by atoms with Gasteiger partial charge in [-0.15, -0.1) is 0 Å². The van der Waals surface area contributed by atoms with E-state index in [0.717, 1.165) is 17.3 Å². The molecule has 0 nitrogen and oxygen atoms in total. The van der Waals surface area contributed by atoms with Crippen molar-refractivity contribution in [3.05, 3.63) is 34.6 Å². The van der Waals surface area contributed by atoms with Gasteiger partial charge in [-0.3, -0.25) is 0 Å². The van der Waals surface area contributed by atoms with E-state index < -0.39 is 0 Å². The van der Waals surface area contributed by atoms with Crippen LogP contribution in [0.1, 0.15) is 18.4 Å². The lowest BCUT2D eigenvalue weighted by Crippen LogP contribution is -2.07. The molecule has 1 aliphatic rings. The number of alkyl halides is 1. The van der Waals surface area contributed by atoms with Crippen LogP contribution in [0.15, 0.2) is 18.2 Å². The maximum absolute atomic E-state index is 13.1. The van der Waals surface area contributed by atoms with E-state index in [0.29, 0.717) is 10.4 Å². The normalized spacial score (nSPS) is 18.2. The molecule has 0 amide bonds. The monoisotopic (exact) mass is 276 g/mol. The molecule has 0 N–H and O–H groups in total. The summed E-state index contributed by atoms with van der Waals surface area (Å²) in [5, 5.41) is 1.27. The Labute approximate surface area is 96.6 Å². The predicted octanol–water partition coefficient (Wildman–Crippen LogP) is 4.20. The summed E-state index contributed by atoms with van der Waals surface area (Å²) in [6.45, 7) is 0. The number of hydrogen-bond donors (Lipinski definition) is 0. The van der Waals surface area contributed by atoms with Gasteiger partial charge >= 0.3 is 0 Å². The van der Waals surface area contributed by atoms with E-state index >= 15 is 0 Å². The summed E-state index contributed by atoms with van der Waals surface area (Å²) in [5.41, 5.74) is 1.28. The lowest BCUT2D eigenvalue weighted by atomic mass is 9.98. The van der Waals surface area contributed by atoms with E-state index in [1.54, 1.807) is 6.07 Å². The fraction of sp³-hybridized carbons (Fsp3) is 0.455. The van der Waals surface area contributed by atoms with Gasteiger partial charge in [0.25, 0.3) is 0 Å². The Morgan fingerprint density at radius 1 is 1.43 bits per heavy atom. The fourth-order valence-corrected chi connectivity index (χ4v) is 2.58. The highest BCUT2D eigenvalue weighted by atomic mass is 79.9. The summed E-state index contributed by atoms with van der Waals surface area (Å²) >= 11 is 9.39. The Kier molecular flexibility index (Phi) is 2.85. The van der Waals surface area contributed by atoms with Crippen LogP contribution in [0.2, 0.25) is 5.02 Å². The van der Waals surface area contributed by atoms with Gasteiger partial charge in [-0.1, -0.05) is 39.7 Å². The summed E-state index contributed by atoms with van der Waals surface area (Å²) < 4.78 is 13.1. The van der Waals surface area contributed by atoms with Gasteiger partial charge in [0.2, 0.25) is 0 Å². The standard InChI is InChI=1S/C11H11BrClF/c12-7-11(4-5-11)6-8-2-1-3-9(14)10(8)13/h1-3H,4-7H2. The molecule has 76 valence electrons. The van der Waals surface area contributed by atoms with Crippen molar-refractivity contribution in [1.82, 2.24) is 0 Å². The summed E-state index contributed by atoms with van der Waals surface area (Å²) in [4.78, 5) is 0. The molecule has 0 aliphatic heterocycles. The van der Waals surface area contributed by atoms with Gasteiger partial charge < -0.3 is 0 Å². The van der Waals surface area contributed by atoms with Crippen molar-refractivity contribution in [1.29, 1.82) is 0 Å². The molecule has 1 saturated carbocycles. The van der Waals surface area contributed by atoms with Crippen molar-refractivity contribution in [2.45, 2.75) is 19.3 Å². The van der Waals surface area contributed by atoms with Gasteiger partial charge in [0.15, 0.2) is 0 Å². The third-order valence-electron chi connectivity index (χ3n) is 2.84. The van der Waals surface area contributed by atoms with Gasteiger partial charge in [0, 0.05) is 5.33 Å². The first-order chi connectivity index (χ1) is 6.67. The molecule has 1 fully saturated rings. The van der Waals surface area contributed by atoms with Crippen LogP contribution in [0.3, 0.4) is 0 Å². The van der Waals surface area contributed by atoms with Gasteiger partial charge in [-0.25, -0.2) is 4.39 Å². The minimum atomic E-state index is -0.311. The number of hydrogen-bond acceptors (Lipinski definition) is 0. The quantitative estimate of drug-likeness (QED) is 0.727. The van der Waals surface area contributed by atoms with E-state index in [4.69, 9.17) is 11.6 Å². The van der Waals surface area contributed by atoms with E-state index in [1.165, 1.54) is 18.9 Å². The molecule has 0 spiro atoms. The average molecular weight is 278 g/mol. The Morgan fingerprint density at radius 3 is 2.71 bits per heavy atom. The smallest absolute Gasteiger partial charge is 0.142 e. The van der Waals surface area contributed by atoms with Gasteiger partial charge in [-0.05, 0) is 36.3 Å². The molecular formula is C11H11BrClF. The second kappa shape index (κ2) is 3.82. The van der Waals surface area contributed by atoms with E-state index in [-0.39, 0.29) is 5.82 Å². The van der Waals surface area contributed by atoms with Crippen LogP contribution in [0, 0.1) is 11.2 Å². The molecule has 0 aromatic heterocycles. The van der Waals surface area contributed by atoms with E-state index in [9.17, 15) is 4.39 Å². The molecule has 1 aromatic rings. The number of halogens is 3. The van der Waals surface area contributed by atoms with Crippen molar-refractivity contribution < 1.29 is 4.39 Å². The van der Waals surface area contributed by atoms with Crippen molar-refractivity contribution >= 4 is 27.5 Å². The minimum absolute atomic E-state index is 0.291. The Morgan fingerprint density at radius 2 is 2.14 bits per heavy atom. The lowest BCUT2D eigenvalue weighted by molar-refractivity contribution is 0.578. The van der Waals surface area contributed by atoms with Gasteiger partial charge in [-0.2, -0.15) is 0 Å².